The molecule has 0 saturated carbocycles. The van der Waals surface area contributed by atoms with Gasteiger partial charge in [-0.15, -0.1) is 0 Å². The van der Waals surface area contributed by atoms with Gasteiger partial charge >= 0.3 is 0 Å². The van der Waals surface area contributed by atoms with Crippen LogP contribution in [0.5, 0.6) is 0 Å². The van der Waals surface area contributed by atoms with E-state index in [1.165, 1.54) is 0 Å². The van der Waals surface area contributed by atoms with Crippen molar-refractivity contribution >= 4 is 28.1 Å². The number of aliphatic hydroxyl groups excluding tert-OH is 1. The maximum atomic E-state index is 10.2. The van der Waals surface area contributed by atoms with Crippen LogP contribution in [0.15, 0.2) is 0 Å². The maximum absolute atomic E-state index is 10.2. The largest absolute Gasteiger partial charge is 0.393 e. The summed E-state index contributed by atoms with van der Waals surface area (Å²) in [6.45, 7) is 2.27. The number of nitrogens with zero attached hydrogens (tertiary/aromatic N) is 3. The van der Waals surface area contributed by atoms with Gasteiger partial charge in [-0.25, -0.2) is 4.98 Å². The number of likely N-dealkylation sites (tertiary alicyclic amines) is 1. The lowest BCUT2D eigenvalue weighted by Crippen LogP contribution is -2.34. The summed E-state index contributed by atoms with van der Waals surface area (Å²) >= 11 is 7.79. The Balaban J connectivity index is 2.00. The lowest BCUT2D eigenvalue weighted by molar-refractivity contribution is -0.0255. The van der Waals surface area contributed by atoms with E-state index in [-0.39, 0.29) is 6.61 Å². The second-order valence-corrected chi connectivity index (χ2v) is 7.04. The zero-order chi connectivity index (χ0) is 14.8. The van der Waals surface area contributed by atoms with Crippen LogP contribution in [0.2, 0.25) is 5.15 Å². The Morgan fingerprint density at radius 3 is 2.75 bits per heavy atom. The van der Waals surface area contributed by atoms with Crippen LogP contribution < -0.4 is 4.90 Å². The molecule has 2 heterocycles. The van der Waals surface area contributed by atoms with Gasteiger partial charge in [-0.1, -0.05) is 22.9 Å². The zero-order valence-electron chi connectivity index (χ0n) is 12.0. The van der Waals surface area contributed by atoms with Crippen LogP contribution >= 0.6 is 22.9 Å². The van der Waals surface area contributed by atoms with Gasteiger partial charge in [-0.05, 0) is 25.8 Å². The van der Waals surface area contributed by atoms with Gasteiger partial charge in [0.1, 0.15) is 5.15 Å². The average molecular weight is 320 g/mol. The highest BCUT2D eigenvalue weighted by molar-refractivity contribution is 7.16. The van der Waals surface area contributed by atoms with Crippen molar-refractivity contribution in [3.63, 3.8) is 0 Å². The fourth-order valence-corrected chi connectivity index (χ4v) is 3.59. The molecular weight excluding hydrogens is 298 g/mol. The Hall–Kier alpha value is -0.400. The predicted molar refractivity (Wildman–Crippen MR) is 82.6 cm³/mol. The van der Waals surface area contributed by atoms with Crippen molar-refractivity contribution in [2.45, 2.75) is 31.4 Å². The summed E-state index contributed by atoms with van der Waals surface area (Å²) in [5, 5.41) is 20.9. The molecule has 20 heavy (non-hydrogen) atoms. The fourth-order valence-electron chi connectivity index (χ4n) is 2.36. The second kappa shape index (κ2) is 6.58. The molecule has 1 aliphatic heterocycles. The first-order valence-corrected chi connectivity index (χ1v) is 8.01. The molecule has 0 radical (unpaired) electrons. The molecule has 1 aliphatic rings. The topological polar surface area (TPSA) is 59.8 Å². The molecule has 1 saturated heterocycles. The van der Waals surface area contributed by atoms with Gasteiger partial charge in [-0.3, -0.25) is 4.90 Å². The summed E-state index contributed by atoms with van der Waals surface area (Å²) in [7, 11) is 3.90. The third kappa shape index (κ3) is 3.83. The van der Waals surface area contributed by atoms with Crippen LogP contribution in [0.3, 0.4) is 0 Å². The number of hydrogen-bond donors (Lipinski definition) is 2. The monoisotopic (exact) mass is 319 g/mol. The first-order valence-electron chi connectivity index (χ1n) is 6.82. The molecule has 0 spiro atoms. The minimum absolute atomic E-state index is 0.160. The van der Waals surface area contributed by atoms with Crippen molar-refractivity contribution in [1.82, 2.24) is 9.88 Å². The minimum atomic E-state index is -0.916. The van der Waals surface area contributed by atoms with E-state index in [1.54, 1.807) is 11.3 Å². The summed E-state index contributed by atoms with van der Waals surface area (Å²) in [6.07, 6.45) is 2.13. The Labute approximate surface area is 128 Å². The van der Waals surface area contributed by atoms with Gasteiger partial charge in [0.05, 0.1) is 17.1 Å². The number of halogens is 1. The zero-order valence-corrected chi connectivity index (χ0v) is 13.5. The van der Waals surface area contributed by atoms with Gasteiger partial charge in [0.15, 0.2) is 5.13 Å². The molecule has 0 amide bonds. The van der Waals surface area contributed by atoms with E-state index in [2.05, 4.69) is 9.88 Å². The Morgan fingerprint density at radius 1 is 1.40 bits per heavy atom. The third-order valence-electron chi connectivity index (χ3n) is 3.69. The highest BCUT2D eigenvalue weighted by Crippen LogP contribution is 2.31. The van der Waals surface area contributed by atoms with E-state index < -0.39 is 5.60 Å². The van der Waals surface area contributed by atoms with E-state index in [1.807, 2.05) is 19.0 Å². The summed E-state index contributed by atoms with van der Waals surface area (Å²) in [5.41, 5.74) is -0.916. The number of hydrogen-bond acceptors (Lipinski definition) is 6. The Kier molecular flexibility index (Phi) is 5.25. The van der Waals surface area contributed by atoms with Gasteiger partial charge in [-0.2, -0.15) is 0 Å². The quantitative estimate of drug-likeness (QED) is 0.882. The molecule has 5 nitrogen and oxygen atoms in total. The van der Waals surface area contributed by atoms with Crippen molar-refractivity contribution < 1.29 is 10.2 Å². The van der Waals surface area contributed by atoms with Crippen LogP contribution in [0.4, 0.5) is 5.13 Å². The van der Waals surface area contributed by atoms with Crippen molar-refractivity contribution in [3.05, 3.63) is 10.0 Å². The Morgan fingerprint density at radius 2 is 2.15 bits per heavy atom. The van der Waals surface area contributed by atoms with Gasteiger partial charge < -0.3 is 15.1 Å². The van der Waals surface area contributed by atoms with E-state index in [9.17, 15) is 10.2 Å². The second-order valence-electron chi connectivity index (χ2n) is 5.62. The molecule has 114 valence electrons. The SMILES string of the molecule is CN(C)c1nc(Cl)c(CN2CCC[C@](O)(CO)CC2)s1. The minimum Gasteiger partial charge on any atom is -0.393 e. The third-order valence-corrected chi connectivity index (χ3v) is 5.32. The van der Waals surface area contributed by atoms with E-state index >= 15 is 0 Å². The molecule has 2 rings (SSSR count). The molecule has 7 heteroatoms. The molecular formula is C13H22ClN3O2S. The summed E-state index contributed by atoms with van der Waals surface area (Å²) in [5.74, 6) is 0. The van der Waals surface area contributed by atoms with Gasteiger partial charge in [0, 0.05) is 27.2 Å². The molecule has 1 aromatic rings. The molecule has 0 aromatic carbocycles. The van der Waals surface area contributed by atoms with Crippen LogP contribution in [-0.4, -0.2) is 59.5 Å². The van der Waals surface area contributed by atoms with Crippen molar-refractivity contribution in [1.29, 1.82) is 0 Å². The summed E-state index contributed by atoms with van der Waals surface area (Å²) in [4.78, 5) is 9.62. The number of rotatable bonds is 4. The van der Waals surface area contributed by atoms with Crippen LogP contribution in [0.1, 0.15) is 24.1 Å². The number of thiazole rings is 1. The number of aliphatic hydroxyl groups is 2. The van der Waals surface area contributed by atoms with Crippen LogP contribution in [0.25, 0.3) is 0 Å². The first kappa shape index (κ1) is 16.0. The Bertz CT molecular complexity index is 455. The van der Waals surface area contributed by atoms with E-state index in [4.69, 9.17) is 11.6 Å². The standard InChI is InChI=1S/C13H22ClN3O2S/c1-16(2)12-15-11(14)10(20-12)8-17-6-3-4-13(19,9-18)5-7-17/h18-19H,3-9H2,1-2H3/t13-/m1/s1. The van der Waals surface area contributed by atoms with Gasteiger partial charge in [0.2, 0.25) is 0 Å². The van der Waals surface area contributed by atoms with Crippen molar-refractivity contribution in [3.8, 4) is 0 Å². The number of anilines is 1. The molecule has 1 aromatic heterocycles. The molecule has 0 bridgehead atoms. The van der Waals surface area contributed by atoms with Gasteiger partial charge in [0.25, 0.3) is 0 Å². The smallest absolute Gasteiger partial charge is 0.186 e. The molecule has 1 atom stereocenters. The van der Waals surface area contributed by atoms with E-state index in [0.717, 1.165) is 36.1 Å². The average Bonchev–Trinajstić information content (AvgIpc) is 2.66. The molecule has 0 aliphatic carbocycles. The lowest BCUT2D eigenvalue weighted by atomic mass is 9.96. The molecule has 1 fully saturated rings. The van der Waals surface area contributed by atoms with E-state index in [0.29, 0.717) is 18.0 Å². The van der Waals surface area contributed by atoms with Crippen molar-refractivity contribution in [2.75, 3.05) is 38.7 Å². The van der Waals surface area contributed by atoms with Crippen LogP contribution in [-0.2, 0) is 6.54 Å². The summed E-state index contributed by atoms with van der Waals surface area (Å²) in [6, 6.07) is 0. The maximum Gasteiger partial charge on any atom is 0.186 e. The highest BCUT2D eigenvalue weighted by Gasteiger charge is 2.29. The predicted octanol–water partition coefficient (Wildman–Crippen LogP) is 1.57. The highest BCUT2D eigenvalue weighted by atomic mass is 35.5. The fraction of sp³-hybridized carbons (Fsp3) is 0.769. The normalized spacial score (nSPS) is 24.6. The van der Waals surface area contributed by atoms with Crippen molar-refractivity contribution in [2.24, 2.45) is 0 Å². The summed E-state index contributed by atoms with van der Waals surface area (Å²) < 4.78 is 0. The first-order chi connectivity index (χ1) is 9.43. The molecule has 2 N–H and O–H groups in total. The van der Waals surface area contributed by atoms with Crippen LogP contribution in [0, 0.1) is 0 Å². The molecule has 0 unspecified atom stereocenters. The lowest BCUT2D eigenvalue weighted by Gasteiger charge is -2.24. The number of aromatic nitrogens is 1.